The Bertz CT molecular complexity index is 314. The first-order chi connectivity index (χ1) is 5.93. The van der Waals surface area contributed by atoms with Gasteiger partial charge < -0.3 is 0 Å². The average molecular weight is 226 g/mol. The van der Waals surface area contributed by atoms with Crippen LogP contribution in [-0.4, -0.2) is 24.7 Å². The summed E-state index contributed by atoms with van der Waals surface area (Å²) in [4.78, 5) is 11.3. The monoisotopic (exact) mass is 225 g/mol. The number of amides is 1. The van der Waals surface area contributed by atoms with E-state index >= 15 is 0 Å². The van der Waals surface area contributed by atoms with Crippen LogP contribution in [0.2, 0.25) is 0 Å². The maximum absolute atomic E-state index is 11.3. The lowest BCUT2D eigenvalue weighted by atomic mass is 9.86. The number of hydrogen-bond donors (Lipinski definition) is 0. The molecule has 1 rings (SSSR count). The molecule has 0 saturated carbocycles. The lowest BCUT2D eigenvalue weighted by Crippen LogP contribution is -2.61. The molecule has 0 aromatic carbocycles. The van der Waals surface area contributed by atoms with Crippen LogP contribution in [0.1, 0.15) is 26.7 Å². The van der Waals surface area contributed by atoms with E-state index < -0.39 is 9.24 Å². The van der Waals surface area contributed by atoms with E-state index in [1.165, 1.54) is 0 Å². The molecule has 6 heteroatoms. The van der Waals surface area contributed by atoms with Crippen molar-refractivity contribution in [3.05, 3.63) is 0 Å². The van der Waals surface area contributed by atoms with E-state index in [2.05, 4.69) is 0 Å². The zero-order valence-corrected chi connectivity index (χ0v) is 9.10. The van der Waals surface area contributed by atoms with Gasteiger partial charge in [0.1, 0.15) is 0 Å². The summed E-state index contributed by atoms with van der Waals surface area (Å²) in [6.07, 6.45) is 1.29. The summed E-state index contributed by atoms with van der Waals surface area (Å²) in [5.74, 6) is -0.539. The first-order valence-electron chi connectivity index (χ1n) is 4.21. The zero-order valence-electron chi connectivity index (χ0n) is 7.53. The molecule has 4 nitrogen and oxygen atoms in total. The first kappa shape index (κ1) is 10.8. The summed E-state index contributed by atoms with van der Waals surface area (Å²) in [7, 11) is 1.24. The van der Waals surface area contributed by atoms with Crippen molar-refractivity contribution in [3.8, 4) is 0 Å². The second kappa shape index (κ2) is 3.46. The second-order valence-electron chi connectivity index (χ2n) is 3.07. The van der Waals surface area contributed by atoms with Gasteiger partial charge in [-0.3, -0.25) is 4.79 Å². The summed E-state index contributed by atoms with van der Waals surface area (Å²) in [6.45, 7) is 3.71. The standard InChI is InChI=1S/C7H12ClNO3S/c1-3-5-6(4-2)9(7(5)10)13(8,11)12/h5-6H,3-4H2,1-2H3. The van der Waals surface area contributed by atoms with Gasteiger partial charge in [0.2, 0.25) is 5.91 Å². The molecule has 1 saturated heterocycles. The van der Waals surface area contributed by atoms with E-state index in [0.29, 0.717) is 12.8 Å². The number of nitrogens with zero attached hydrogens (tertiary/aromatic N) is 1. The highest BCUT2D eigenvalue weighted by molar-refractivity contribution is 8.12. The van der Waals surface area contributed by atoms with Gasteiger partial charge in [-0.1, -0.05) is 13.8 Å². The van der Waals surface area contributed by atoms with Gasteiger partial charge in [0.15, 0.2) is 0 Å². The minimum absolute atomic E-state index is 0.168. The van der Waals surface area contributed by atoms with Gasteiger partial charge in [0, 0.05) is 10.7 Å². The van der Waals surface area contributed by atoms with E-state index in [9.17, 15) is 13.2 Å². The van der Waals surface area contributed by atoms with Crippen molar-refractivity contribution in [2.45, 2.75) is 32.7 Å². The van der Waals surface area contributed by atoms with Crippen LogP contribution in [0.4, 0.5) is 0 Å². The lowest BCUT2D eigenvalue weighted by molar-refractivity contribution is -0.146. The summed E-state index contributed by atoms with van der Waals surface area (Å²) in [5.41, 5.74) is 0. The van der Waals surface area contributed by atoms with Crippen molar-refractivity contribution in [2.75, 3.05) is 0 Å². The molecule has 1 aliphatic rings. The zero-order chi connectivity index (χ0) is 10.2. The topological polar surface area (TPSA) is 54.5 Å². The van der Waals surface area contributed by atoms with Gasteiger partial charge in [-0.2, -0.15) is 8.42 Å². The second-order valence-corrected chi connectivity index (χ2v) is 5.45. The Morgan fingerprint density at radius 2 is 1.92 bits per heavy atom. The molecule has 13 heavy (non-hydrogen) atoms. The van der Waals surface area contributed by atoms with E-state index in [1.807, 2.05) is 13.8 Å². The Kier molecular flexibility index (Phi) is 2.87. The molecule has 1 heterocycles. The van der Waals surface area contributed by atoms with E-state index in [4.69, 9.17) is 10.7 Å². The lowest BCUT2D eigenvalue weighted by Gasteiger charge is -2.43. The molecule has 0 aromatic rings. The largest absolute Gasteiger partial charge is 0.324 e. The van der Waals surface area contributed by atoms with Crippen molar-refractivity contribution in [2.24, 2.45) is 5.92 Å². The molecule has 0 bridgehead atoms. The molecule has 1 amide bonds. The van der Waals surface area contributed by atoms with Crippen molar-refractivity contribution < 1.29 is 13.2 Å². The Hall–Kier alpha value is -0.290. The first-order valence-corrected chi connectivity index (χ1v) is 6.48. The van der Waals surface area contributed by atoms with Gasteiger partial charge in [0.25, 0.3) is 0 Å². The van der Waals surface area contributed by atoms with Crippen molar-refractivity contribution in [1.82, 2.24) is 4.31 Å². The van der Waals surface area contributed by atoms with Crippen LogP contribution in [-0.2, 0) is 14.0 Å². The number of rotatable bonds is 3. The normalized spacial score (nSPS) is 28.8. The van der Waals surface area contributed by atoms with Crippen molar-refractivity contribution in [1.29, 1.82) is 0 Å². The van der Waals surface area contributed by atoms with E-state index in [-0.39, 0.29) is 17.9 Å². The Balaban J connectivity index is 2.86. The van der Waals surface area contributed by atoms with Gasteiger partial charge in [-0.25, -0.2) is 4.31 Å². The third-order valence-electron chi connectivity index (χ3n) is 2.39. The fourth-order valence-corrected chi connectivity index (χ4v) is 3.22. The third kappa shape index (κ3) is 1.67. The number of carbonyl (C=O) groups is 1. The van der Waals surface area contributed by atoms with E-state index in [0.717, 1.165) is 4.31 Å². The van der Waals surface area contributed by atoms with Gasteiger partial charge in [-0.05, 0) is 12.8 Å². The number of carbonyl (C=O) groups excluding carboxylic acids is 1. The molecule has 76 valence electrons. The van der Waals surface area contributed by atoms with E-state index in [1.54, 1.807) is 0 Å². The van der Waals surface area contributed by atoms with Crippen LogP contribution in [0.3, 0.4) is 0 Å². The fraction of sp³-hybridized carbons (Fsp3) is 0.857. The molecule has 1 aliphatic heterocycles. The molecule has 0 N–H and O–H groups in total. The highest BCUT2D eigenvalue weighted by atomic mass is 35.7. The maximum atomic E-state index is 11.3. The third-order valence-corrected chi connectivity index (χ3v) is 3.76. The number of β-lactam (4-membered cyclic amide) rings is 1. The summed E-state index contributed by atoms with van der Waals surface area (Å²) < 4.78 is 22.6. The Morgan fingerprint density at radius 3 is 2.23 bits per heavy atom. The van der Waals surface area contributed by atoms with Gasteiger partial charge in [-0.15, -0.1) is 0 Å². The van der Waals surface area contributed by atoms with Crippen LogP contribution in [0.5, 0.6) is 0 Å². The molecule has 1 fully saturated rings. The molecule has 2 unspecified atom stereocenters. The minimum Gasteiger partial charge on any atom is -0.273 e. The molecular weight excluding hydrogens is 214 g/mol. The average Bonchev–Trinajstić information content (AvgIpc) is 1.97. The summed E-state index contributed by atoms with van der Waals surface area (Å²) in [6, 6.07) is -0.236. The molecule has 0 radical (unpaired) electrons. The Labute approximate surface area is 82.4 Å². The van der Waals surface area contributed by atoms with Crippen LogP contribution in [0.25, 0.3) is 0 Å². The predicted molar refractivity (Wildman–Crippen MR) is 49.5 cm³/mol. The van der Waals surface area contributed by atoms with Crippen LogP contribution < -0.4 is 0 Å². The summed E-state index contributed by atoms with van der Waals surface area (Å²) in [5, 5.41) is 0. The maximum Gasteiger partial charge on any atom is 0.324 e. The van der Waals surface area contributed by atoms with Crippen LogP contribution >= 0.6 is 10.7 Å². The van der Waals surface area contributed by atoms with Gasteiger partial charge in [0.05, 0.1) is 12.0 Å². The number of hydrogen-bond acceptors (Lipinski definition) is 3. The smallest absolute Gasteiger partial charge is 0.273 e. The van der Waals surface area contributed by atoms with Crippen molar-refractivity contribution in [3.63, 3.8) is 0 Å². The van der Waals surface area contributed by atoms with Crippen LogP contribution in [0, 0.1) is 5.92 Å². The van der Waals surface area contributed by atoms with Gasteiger partial charge >= 0.3 is 9.24 Å². The minimum atomic E-state index is -3.86. The molecule has 0 aromatic heterocycles. The number of halogens is 1. The fourth-order valence-electron chi connectivity index (χ4n) is 1.74. The Morgan fingerprint density at radius 1 is 1.38 bits per heavy atom. The highest BCUT2D eigenvalue weighted by Gasteiger charge is 2.50. The highest BCUT2D eigenvalue weighted by Crippen LogP contribution is 2.35. The molecular formula is C7H12ClNO3S. The molecule has 0 spiro atoms. The predicted octanol–water partition coefficient (Wildman–Crippen LogP) is 1.12. The SMILES string of the molecule is CCC1C(=O)N(S(=O)(=O)Cl)C1CC. The molecule has 2 atom stereocenters. The van der Waals surface area contributed by atoms with Crippen molar-refractivity contribution >= 4 is 25.8 Å². The quantitative estimate of drug-likeness (QED) is 0.534. The van der Waals surface area contributed by atoms with Crippen LogP contribution in [0.15, 0.2) is 0 Å². The molecule has 0 aliphatic carbocycles. The summed E-state index contributed by atoms with van der Waals surface area (Å²) >= 11 is 0.